The summed E-state index contributed by atoms with van der Waals surface area (Å²) in [6.07, 6.45) is 3.69. The molecule has 0 saturated carbocycles. The van der Waals surface area contributed by atoms with Crippen molar-refractivity contribution in [2.45, 2.75) is 13.5 Å². The van der Waals surface area contributed by atoms with E-state index in [2.05, 4.69) is 25.4 Å². The normalized spacial score (nSPS) is 10.4. The van der Waals surface area contributed by atoms with Crippen LogP contribution in [0.3, 0.4) is 0 Å². The lowest BCUT2D eigenvalue weighted by molar-refractivity contribution is 0.660. The third kappa shape index (κ3) is 2.39. The highest BCUT2D eigenvalue weighted by atomic mass is 15.3. The first-order chi connectivity index (χ1) is 8.63. The molecule has 0 aliphatic carbocycles. The second-order valence-electron chi connectivity index (χ2n) is 4.01. The topological polar surface area (TPSA) is 71.8 Å². The van der Waals surface area contributed by atoms with Gasteiger partial charge < -0.3 is 10.2 Å². The Balaban J connectivity index is 2.45. The van der Waals surface area contributed by atoms with E-state index < -0.39 is 0 Å². The molecular formula is C11H17N7. The van der Waals surface area contributed by atoms with E-state index in [4.69, 9.17) is 0 Å². The van der Waals surface area contributed by atoms with E-state index >= 15 is 0 Å². The van der Waals surface area contributed by atoms with E-state index in [1.54, 1.807) is 13.2 Å². The summed E-state index contributed by atoms with van der Waals surface area (Å²) in [5, 5.41) is 7.16. The van der Waals surface area contributed by atoms with Crippen molar-refractivity contribution in [1.29, 1.82) is 0 Å². The predicted molar refractivity (Wildman–Crippen MR) is 70.6 cm³/mol. The summed E-state index contributed by atoms with van der Waals surface area (Å²) in [7, 11) is 5.58. The molecule has 7 heteroatoms. The molecule has 0 aliphatic heterocycles. The molecule has 2 aromatic rings. The first-order valence-corrected chi connectivity index (χ1v) is 5.78. The van der Waals surface area contributed by atoms with Gasteiger partial charge in [0, 0.05) is 33.9 Å². The molecule has 0 radical (unpaired) electrons. The van der Waals surface area contributed by atoms with Crippen LogP contribution in [0.1, 0.15) is 6.92 Å². The minimum atomic E-state index is 0.549. The van der Waals surface area contributed by atoms with Gasteiger partial charge in [-0.05, 0) is 6.92 Å². The van der Waals surface area contributed by atoms with Gasteiger partial charge in [-0.1, -0.05) is 0 Å². The summed E-state index contributed by atoms with van der Waals surface area (Å²) in [6, 6.07) is 0. The Morgan fingerprint density at radius 3 is 2.61 bits per heavy atom. The fourth-order valence-electron chi connectivity index (χ4n) is 1.46. The molecule has 0 saturated heterocycles. The summed E-state index contributed by atoms with van der Waals surface area (Å²) in [4.78, 5) is 14.9. The Labute approximate surface area is 106 Å². The van der Waals surface area contributed by atoms with Crippen LogP contribution in [0.2, 0.25) is 0 Å². The van der Waals surface area contributed by atoms with Crippen molar-refractivity contribution in [1.82, 2.24) is 24.7 Å². The van der Waals surface area contributed by atoms with Gasteiger partial charge in [0.1, 0.15) is 0 Å². The molecule has 0 spiro atoms. The van der Waals surface area contributed by atoms with E-state index in [9.17, 15) is 0 Å². The maximum Gasteiger partial charge on any atom is 0.230 e. The smallest absolute Gasteiger partial charge is 0.230 e. The van der Waals surface area contributed by atoms with Crippen LogP contribution < -0.4 is 10.2 Å². The number of nitrogens with one attached hydrogen (secondary N) is 1. The summed E-state index contributed by atoms with van der Waals surface area (Å²) < 4.78 is 1.84. The zero-order chi connectivity index (χ0) is 13.1. The molecule has 2 heterocycles. The SMILES string of the molecule is CCn1cc(-c2nc(NC)nc(N(C)C)n2)cn1. The van der Waals surface area contributed by atoms with Crippen molar-refractivity contribution in [3.05, 3.63) is 12.4 Å². The molecule has 2 aromatic heterocycles. The van der Waals surface area contributed by atoms with Gasteiger partial charge in [-0.15, -0.1) is 0 Å². The molecule has 0 atom stereocenters. The van der Waals surface area contributed by atoms with Crippen LogP contribution >= 0.6 is 0 Å². The Bertz CT molecular complexity index is 532. The van der Waals surface area contributed by atoms with Crippen LogP contribution in [0.15, 0.2) is 12.4 Å². The highest BCUT2D eigenvalue weighted by Crippen LogP contribution is 2.17. The molecule has 0 aromatic carbocycles. The van der Waals surface area contributed by atoms with Gasteiger partial charge in [0.15, 0.2) is 5.82 Å². The van der Waals surface area contributed by atoms with Gasteiger partial charge in [-0.25, -0.2) is 0 Å². The third-order valence-corrected chi connectivity index (χ3v) is 2.46. The van der Waals surface area contributed by atoms with Crippen LogP contribution in [0.5, 0.6) is 0 Å². The van der Waals surface area contributed by atoms with E-state index in [1.165, 1.54) is 0 Å². The molecule has 0 bridgehead atoms. The summed E-state index contributed by atoms with van der Waals surface area (Å²) in [5.74, 6) is 1.79. The number of aromatic nitrogens is 5. The van der Waals surface area contributed by atoms with Gasteiger partial charge >= 0.3 is 0 Å². The molecule has 0 aliphatic rings. The lowest BCUT2D eigenvalue weighted by Gasteiger charge is -2.11. The third-order valence-electron chi connectivity index (χ3n) is 2.46. The van der Waals surface area contributed by atoms with Crippen molar-refractivity contribution >= 4 is 11.9 Å². The van der Waals surface area contributed by atoms with Gasteiger partial charge in [-0.2, -0.15) is 20.1 Å². The van der Waals surface area contributed by atoms with Crippen LogP contribution in [0.25, 0.3) is 11.4 Å². The molecule has 7 nitrogen and oxygen atoms in total. The maximum absolute atomic E-state index is 4.41. The number of hydrogen-bond donors (Lipinski definition) is 1. The molecule has 2 rings (SSSR count). The molecular weight excluding hydrogens is 230 g/mol. The van der Waals surface area contributed by atoms with Gasteiger partial charge in [0.05, 0.1) is 11.8 Å². The second-order valence-corrected chi connectivity index (χ2v) is 4.01. The Morgan fingerprint density at radius 1 is 1.28 bits per heavy atom. The quantitative estimate of drug-likeness (QED) is 0.864. The molecule has 18 heavy (non-hydrogen) atoms. The largest absolute Gasteiger partial charge is 0.357 e. The van der Waals surface area contributed by atoms with Crippen molar-refractivity contribution in [2.24, 2.45) is 0 Å². The number of hydrogen-bond acceptors (Lipinski definition) is 6. The summed E-state index contributed by atoms with van der Waals surface area (Å²) in [5.41, 5.74) is 0.888. The average Bonchev–Trinajstić information content (AvgIpc) is 2.86. The summed E-state index contributed by atoms with van der Waals surface area (Å²) >= 11 is 0. The standard InChI is InChI=1S/C11H17N7/c1-5-18-7-8(6-13-18)9-14-10(12-2)16-11(15-9)17(3)4/h6-7H,5H2,1-4H3,(H,12,14,15,16). The van der Waals surface area contributed by atoms with E-state index in [-0.39, 0.29) is 0 Å². The van der Waals surface area contributed by atoms with Crippen LogP contribution in [-0.2, 0) is 6.54 Å². The first-order valence-electron chi connectivity index (χ1n) is 5.78. The van der Waals surface area contributed by atoms with Crippen molar-refractivity contribution < 1.29 is 0 Å². The number of anilines is 2. The number of rotatable bonds is 4. The number of nitrogens with zero attached hydrogens (tertiary/aromatic N) is 6. The Hall–Kier alpha value is -2.18. The Morgan fingerprint density at radius 2 is 2.06 bits per heavy atom. The second kappa shape index (κ2) is 4.99. The minimum Gasteiger partial charge on any atom is -0.357 e. The van der Waals surface area contributed by atoms with Crippen molar-refractivity contribution in [2.75, 3.05) is 31.4 Å². The van der Waals surface area contributed by atoms with E-state index in [0.29, 0.717) is 17.7 Å². The average molecular weight is 247 g/mol. The van der Waals surface area contributed by atoms with Crippen molar-refractivity contribution in [3.63, 3.8) is 0 Å². The van der Waals surface area contributed by atoms with Gasteiger partial charge in [0.25, 0.3) is 0 Å². The zero-order valence-electron chi connectivity index (χ0n) is 11.0. The van der Waals surface area contributed by atoms with E-state index in [0.717, 1.165) is 12.1 Å². The first kappa shape index (κ1) is 12.3. The highest BCUT2D eigenvalue weighted by molar-refractivity contribution is 5.56. The molecule has 1 N–H and O–H groups in total. The zero-order valence-corrected chi connectivity index (χ0v) is 11.0. The number of aryl methyl sites for hydroxylation is 1. The van der Waals surface area contributed by atoms with Gasteiger partial charge in [-0.3, -0.25) is 4.68 Å². The maximum atomic E-state index is 4.41. The fourth-order valence-corrected chi connectivity index (χ4v) is 1.46. The van der Waals surface area contributed by atoms with Crippen LogP contribution in [0.4, 0.5) is 11.9 Å². The fraction of sp³-hybridized carbons (Fsp3) is 0.455. The Kier molecular flexibility index (Phi) is 3.40. The van der Waals surface area contributed by atoms with Crippen molar-refractivity contribution in [3.8, 4) is 11.4 Å². The molecule has 0 fully saturated rings. The summed E-state index contributed by atoms with van der Waals surface area (Å²) in [6.45, 7) is 2.86. The lowest BCUT2D eigenvalue weighted by atomic mass is 10.3. The monoisotopic (exact) mass is 247 g/mol. The predicted octanol–water partition coefficient (Wildman–Crippen LogP) is 0.863. The van der Waals surface area contributed by atoms with Crippen LogP contribution in [-0.4, -0.2) is 45.9 Å². The minimum absolute atomic E-state index is 0.549. The lowest BCUT2D eigenvalue weighted by Crippen LogP contribution is -2.15. The molecule has 0 amide bonds. The highest BCUT2D eigenvalue weighted by Gasteiger charge is 2.10. The van der Waals surface area contributed by atoms with Gasteiger partial charge in [0.2, 0.25) is 11.9 Å². The van der Waals surface area contributed by atoms with E-state index in [1.807, 2.05) is 36.8 Å². The molecule has 96 valence electrons. The van der Waals surface area contributed by atoms with Crippen LogP contribution in [0, 0.1) is 0 Å². The molecule has 0 unspecified atom stereocenters.